The van der Waals surface area contributed by atoms with Gasteiger partial charge in [-0.3, -0.25) is 5.10 Å². The molecular weight excluding hydrogens is 216 g/mol. The van der Waals surface area contributed by atoms with Crippen LogP contribution in [0.25, 0.3) is 11.0 Å². The Morgan fingerprint density at radius 1 is 1.41 bits per heavy atom. The maximum atomic E-state index is 5.68. The van der Waals surface area contributed by atoms with Crippen molar-refractivity contribution in [1.29, 1.82) is 0 Å². The summed E-state index contributed by atoms with van der Waals surface area (Å²) in [6.45, 7) is 2.27. The fourth-order valence-corrected chi connectivity index (χ4v) is 2.50. The van der Waals surface area contributed by atoms with E-state index in [0.717, 1.165) is 11.2 Å². The molecule has 1 aliphatic rings. The third-order valence-corrected chi connectivity index (χ3v) is 3.51. The molecule has 0 radical (unpaired) electrons. The highest BCUT2D eigenvalue weighted by Gasteiger charge is 2.24. The molecule has 2 aromatic heterocycles. The molecule has 90 valence electrons. The Kier molecular flexibility index (Phi) is 2.35. The number of aromatic nitrogens is 4. The standard InChI is InChI=1S/C11H16N6/c1-6-3-2-4-8(6)14-9-7-5-13-17-10(7)16-11(12)15-9/h5-6,8H,2-4H2,1H3,(H4,12,13,14,15,16,17). The van der Waals surface area contributed by atoms with Gasteiger partial charge in [-0.15, -0.1) is 0 Å². The summed E-state index contributed by atoms with van der Waals surface area (Å²) in [6, 6.07) is 0.474. The molecule has 1 fully saturated rings. The molecule has 6 nitrogen and oxygen atoms in total. The number of hydrogen-bond acceptors (Lipinski definition) is 5. The van der Waals surface area contributed by atoms with Gasteiger partial charge in [0.1, 0.15) is 5.82 Å². The molecule has 0 saturated heterocycles. The molecule has 2 unspecified atom stereocenters. The molecule has 0 amide bonds. The molecule has 2 atom stereocenters. The minimum atomic E-state index is 0.273. The number of anilines is 2. The highest BCUT2D eigenvalue weighted by molar-refractivity contribution is 5.86. The van der Waals surface area contributed by atoms with E-state index < -0.39 is 0 Å². The molecule has 1 aliphatic carbocycles. The largest absolute Gasteiger partial charge is 0.368 e. The van der Waals surface area contributed by atoms with Gasteiger partial charge in [-0.1, -0.05) is 13.3 Å². The first kappa shape index (κ1) is 10.3. The fraction of sp³-hybridized carbons (Fsp3) is 0.545. The first-order chi connectivity index (χ1) is 8.24. The SMILES string of the molecule is CC1CCCC1Nc1nc(N)nc2[nH]ncc12. The Morgan fingerprint density at radius 2 is 2.29 bits per heavy atom. The van der Waals surface area contributed by atoms with E-state index in [-0.39, 0.29) is 5.95 Å². The fourth-order valence-electron chi connectivity index (χ4n) is 2.50. The first-order valence-electron chi connectivity index (χ1n) is 5.97. The molecule has 0 bridgehead atoms. The second-order valence-corrected chi connectivity index (χ2v) is 4.72. The van der Waals surface area contributed by atoms with Crippen LogP contribution in [0.15, 0.2) is 6.20 Å². The highest BCUT2D eigenvalue weighted by atomic mass is 15.2. The lowest BCUT2D eigenvalue weighted by molar-refractivity contribution is 0.555. The third-order valence-electron chi connectivity index (χ3n) is 3.51. The second kappa shape index (κ2) is 3.87. The zero-order valence-electron chi connectivity index (χ0n) is 9.77. The number of H-pyrrole nitrogens is 1. The van der Waals surface area contributed by atoms with Crippen molar-refractivity contribution in [2.75, 3.05) is 11.1 Å². The predicted molar refractivity (Wildman–Crippen MR) is 66.5 cm³/mol. The molecule has 2 aromatic rings. The summed E-state index contributed by atoms with van der Waals surface area (Å²) in [7, 11) is 0. The van der Waals surface area contributed by atoms with Crippen LogP contribution >= 0.6 is 0 Å². The van der Waals surface area contributed by atoms with Crippen LogP contribution in [0.4, 0.5) is 11.8 Å². The molecule has 2 heterocycles. The highest BCUT2D eigenvalue weighted by Crippen LogP contribution is 2.29. The zero-order chi connectivity index (χ0) is 11.8. The lowest BCUT2D eigenvalue weighted by atomic mass is 10.1. The quantitative estimate of drug-likeness (QED) is 0.730. The summed E-state index contributed by atoms with van der Waals surface area (Å²) < 4.78 is 0. The van der Waals surface area contributed by atoms with Crippen LogP contribution in [0.3, 0.4) is 0 Å². The maximum Gasteiger partial charge on any atom is 0.224 e. The predicted octanol–water partition coefficient (Wildman–Crippen LogP) is 1.54. The third kappa shape index (κ3) is 1.79. The Morgan fingerprint density at radius 3 is 3.06 bits per heavy atom. The van der Waals surface area contributed by atoms with Crippen molar-refractivity contribution in [3.8, 4) is 0 Å². The Labute approximate surface area is 99.0 Å². The Hall–Kier alpha value is -1.85. The van der Waals surface area contributed by atoms with Gasteiger partial charge in [-0.05, 0) is 18.8 Å². The van der Waals surface area contributed by atoms with Gasteiger partial charge in [-0.25, -0.2) is 0 Å². The van der Waals surface area contributed by atoms with E-state index in [1.165, 1.54) is 19.3 Å². The van der Waals surface area contributed by atoms with Gasteiger partial charge in [-0.2, -0.15) is 15.1 Å². The smallest absolute Gasteiger partial charge is 0.224 e. The lowest BCUT2D eigenvalue weighted by Gasteiger charge is -2.18. The second-order valence-electron chi connectivity index (χ2n) is 4.72. The molecule has 0 aliphatic heterocycles. The van der Waals surface area contributed by atoms with Gasteiger partial charge in [0, 0.05) is 6.04 Å². The van der Waals surface area contributed by atoms with Crippen LogP contribution in [-0.2, 0) is 0 Å². The van der Waals surface area contributed by atoms with Gasteiger partial charge >= 0.3 is 0 Å². The summed E-state index contributed by atoms with van der Waals surface area (Å²) in [5.74, 6) is 1.74. The van der Waals surface area contributed by atoms with E-state index in [9.17, 15) is 0 Å². The van der Waals surface area contributed by atoms with Crippen molar-refractivity contribution >= 4 is 22.8 Å². The molecular formula is C11H16N6. The molecule has 6 heteroatoms. The molecule has 0 spiro atoms. The number of nitrogen functional groups attached to an aromatic ring is 1. The van der Waals surface area contributed by atoms with E-state index in [1.54, 1.807) is 6.20 Å². The van der Waals surface area contributed by atoms with Crippen molar-refractivity contribution in [3.05, 3.63) is 6.20 Å². The van der Waals surface area contributed by atoms with Gasteiger partial charge in [0.15, 0.2) is 5.65 Å². The number of hydrogen-bond donors (Lipinski definition) is 3. The van der Waals surface area contributed by atoms with Crippen molar-refractivity contribution in [1.82, 2.24) is 20.2 Å². The maximum absolute atomic E-state index is 5.68. The summed E-state index contributed by atoms with van der Waals surface area (Å²) >= 11 is 0. The van der Waals surface area contributed by atoms with Crippen molar-refractivity contribution in [2.24, 2.45) is 5.92 Å². The van der Waals surface area contributed by atoms with Crippen molar-refractivity contribution < 1.29 is 0 Å². The minimum absolute atomic E-state index is 0.273. The number of fused-ring (bicyclic) bond motifs is 1. The van der Waals surface area contributed by atoms with E-state index in [0.29, 0.717) is 17.6 Å². The van der Waals surface area contributed by atoms with Crippen molar-refractivity contribution in [2.45, 2.75) is 32.2 Å². The van der Waals surface area contributed by atoms with E-state index in [2.05, 4.69) is 32.4 Å². The number of rotatable bonds is 2. The summed E-state index contributed by atoms with van der Waals surface area (Å²) in [5.41, 5.74) is 6.37. The average Bonchev–Trinajstić information content (AvgIpc) is 2.88. The Bertz CT molecular complexity index is 534. The minimum Gasteiger partial charge on any atom is -0.368 e. The topological polar surface area (TPSA) is 92.5 Å². The van der Waals surface area contributed by atoms with Crippen LogP contribution in [0.2, 0.25) is 0 Å². The molecule has 4 N–H and O–H groups in total. The monoisotopic (exact) mass is 232 g/mol. The molecule has 3 rings (SSSR count). The van der Waals surface area contributed by atoms with Crippen LogP contribution in [0.5, 0.6) is 0 Å². The molecule has 1 saturated carbocycles. The van der Waals surface area contributed by atoms with E-state index in [4.69, 9.17) is 5.73 Å². The van der Waals surface area contributed by atoms with Crippen LogP contribution in [0, 0.1) is 5.92 Å². The van der Waals surface area contributed by atoms with Crippen molar-refractivity contribution in [3.63, 3.8) is 0 Å². The normalized spacial score (nSPS) is 24.3. The van der Waals surface area contributed by atoms with Gasteiger partial charge in [0.2, 0.25) is 5.95 Å². The molecule has 0 aromatic carbocycles. The first-order valence-corrected chi connectivity index (χ1v) is 5.97. The van der Waals surface area contributed by atoms with Gasteiger partial charge in [0.25, 0.3) is 0 Å². The zero-order valence-corrected chi connectivity index (χ0v) is 9.77. The van der Waals surface area contributed by atoms with Gasteiger partial charge < -0.3 is 11.1 Å². The van der Waals surface area contributed by atoms with Crippen LogP contribution < -0.4 is 11.1 Å². The van der Waals surface area contributed by atoms with E-state index >= 15 is 0 Å². The van der Waals surface area contributed by atoms with Crippen LogP contribution in [-0.4, -0.2) is 26.2 Å². The number of aromatic amines is 1. The number of nitrogens with one attached hydrogen (secondary N) is 2. The summed E-state index contributed by atoms with van der Waals surface area (Å²) in [4.78, 5) is 8.37. The van der Waals surface area contributed by atoms with Crippen LogP contribution in [0.1, 0.15) is 26.2 Å². The summed E-state index contributed by atoms with van der Waals surface area (Å²) in [6.07, 6.45) is 5.46. The lowest BCUT2D eigenvalue weighted by Crippen LogP contribution is -2.22. The summed E-state index contributed by atoms with van der Waals surface area (Å²) in [5, 5.41) is 11.2. The molecule has 17 heavy (non-hydrogen) atoms. The Balaban J connectivity index is 1.96. The van der Waals surface area contributed by atoms with Gasteiger partial charge in [0.05, 0.1) is 11.6 Å². The average molecular weight is 232 g/mol. The number of nitrogens with zero attached hydrogens (tertiary/aromatic N) is 3. The number of nitrogens with two attached hydrogens (primary N) is 1. The van der Waals surface area contributed by atoms with E-state index in [1.807, 2.05) is 0 Å².